The number of carbonyl (C=O) groups is 2. The molecule has 4 aromatic heterocycles. The highest BCUT2D eigenvalue weighted by Gasteiger charge is 2.33. The van der Waals surface area contributed by atoms with E-state index in [1.54, 1.807) is 49.5 Å². The molecule has 314 valence electrons. The van der Waals surface area contributed by atoms with Crippen LogP contribution < -0.4 is 20.1 Å². The Morgan fingerprint density at radius 1 is 0.770 bits per heavy atom. The van der Waals surface area contributed by atoms with E-state index in [-0.39, 0.29) is 23.8 Å². The van der Waals surface area contributed by atoms with E-state index in [9.17, 15) is 14.7 Å². The number of ether oxygens (including phenoxy) is 2. The summed E-state index contributed by atoms with van der Waals surface area (Å²) in [5.41, 5.74) is 8.61. The van der Waals surface area contributed by atoms with Crippen molar-refractivity contribution < 1.29 is 24.2 Å². The Labute approximate surface area is 361 Å². The number of amides is 1. The molecular formula is C45H47N9O5S2. The lowest BCUT2D eigenvalue weighted by molar-refractivity contribution is -0.142. The van der Waals surface area contributed by atoms with Crippen LogP contribution in [0, 0.1) is 11.8 Å². The quantitative estimate of drug-likeness (QED) is 0.121. The smallest absolute Gasteiger partial charge is 0.306 e. The predicted molar refractivity (Wildman–Crippen MR) is 241 cm³/mol. The second-order valence-corrected chi connectivity index (χ2v) is 18.1. The normalized spacial score (nSPS) is 17.0. The van der Waals surface area contributed by atoms with Crippen LogP contribution in [-0.4, -0.2) is 81.1 Å². The molecule has 2 aliphatic heterocycles. The summed E-state index contributed by atoms with van der Waals surface area (Å²) in [4.78, 5) is 57.4. The second kappa shape index (κ2) is 16.8. The molecule has 0 saturated heterocycles. The van der Waals surface area contributed by atoms with E-state index in [1.165, 1.54) is 16.0 Å². The number of nitrogens with zero attached hydrogens (tertiary/aromatic N) is 7. The van der Waals surface area contributed by atoms with Crippen LogP contribution >= 0.6 is 22.7 Å². The van der Waals surface area contributed by atoms with E-state index < -0.39 is 5.97 Å². The Hall–Kier alpha value is -6.00. The number of aryl methyl sites for hydroxylation is 2. The van der Waals surface area contributed by atoms with E-state index >= 15 is 0 Å². The summed E-state index contributed by atoms with van der Waals surface area (Å²) in [6.45, 7) is 8.33. The number of anilines is 4. The van der Waals surface area contributed by atoms with Crippen molar-refractivity contribution >= 4 is 90.4 Å². The van der Waals surface area contributed by atoms with Gasteiger partial charge in [0.05, 0.1) is 55.4 Å². The second-order valence-electron chi connectivity index (χ2n) is 15.9. The number of hydrogen-bond donors (Lipinski definition) is 3. The van der Waals surface area contributed by atoms with Crippen LogP contribution in [0.3, 0.4) is 0 Å². The fourth-order valence-electron chi connectivity index (χ4n) is 8.91. The summed E-state index contributed by atoms with van der Waals surface area (Å²) in [5.74, 6) is 2.29. The zero-order valence-corrected chi connectivity index (χ0v) is 36.4. The maximum atomic E-state index is 13.1. The van der Waals surface area contributed by atoms with Crippen LogP contribution in [0.1, 0.15) is 76.7 Å². The number of carbonyl (C=O) groups excluding carboxylic acids is 1. The lowest BCUT2D eigenvalue weighted by Gasteiger charge is -2.31. The number of aromatic nitrogens is 4. The molecular weight excluding hydrogens is 811 g/mol. The first-order chi connectivity index (χ1) is 29.6. The number of carboxylic acid groups (broad SMARTS) is 1. The first-order valence-corrected chi connectivity index (χ1v) is 22.3. The number of carboxylic acids is 1. The average Bonchev–Trinajstić information content (AvgIpc) is 4.07. The fourth-order valence-corrected chi connectivity index (χ4v) is 11.4. The van der Waals surface area contributed by atoms with Crippen LogP contribution in [0.5, 0.6) is 11.5 Å². The van der Waals surface area contributed by atoms with Crippen molar-refractivity contribution in [2.24, 2.45) is 21.8 Å². The van der Waals surface area contributed by atoms with Crippen molar-refractivity contribution in [1.82, 2.24) is 24.8 Å². The first-order valence-electron chi connectivity index (χ1n) is 20.6. The molecule has 6 aromatic rings. The number of thiophene rings is 2. The Balaban J connectivity index is 0.000000158. The van der Waals surface area contributed by atoms with Crippen molar-refractivity contribution in [1.29, 1.82) is 0 Å². The zero-order chi connectivity index (χ0) is 42.4. The maximum absolute atomic E-state index is 13.1. The highest BCUT2D eigenvalue weighted by atomic mass is 32.1. The number of benzene rings is 2. The summed E-state index contributed by atoms with van der Waals surface area (Å²) in [6.07, 6.45) is 11.3. The molecule has 0 radical (unpaired) electrons. The molecule has 10 rings (SSSR count). The largest absolute Gasteiger partial charge is 0.495 e. The van der Waals surface area contributed by atoms with Gasteiger partial charge < -0.3 is 30.1 Å². The molecule has 4 aliphatic rings. The molecule has 0 fully saturated rings. The third kappa shape index (κ3) is 7.67. The molecule has 2 aliphatic carbocycles. The number of fused-ring (bicyclic) bond motifs is 8. The molecule has 2 unspecified atom stereocenters. The fraction of sp³-hybridized carbons (Fsp3) is 0.378. The minimum atomic E-state index is -0.725. The van der Waals surface area contributed by atoms with Crippen LogP contribution in [0.4, 0.5) is 23.0 Å². The van der Waals surface area contributed by atoms with Gasteiger partial charge in [0.25, 0.3) is 0 Å². The van der Waals surface area contributed by atoms with E-state index in [1.807, 2.05) is 35.5 Å². The van der Waals surface area contributed by atoms with Gasteiger partial charge in [-0.2, -0.15) is 0 Å². The summed E-state index contributed by atoms with van der Waals surface area (Å²) < 4.78 is 11.2. The maximum Gasteiger partial charge on any atom is 0.306 e. The minimum Gasteiger partial charge on any atom is -0.495 e. The van der Waals surface area contributed by atoms with E-state index in [0.29, 0.717) is 25.9 Å². The van der Waals surface area contributed by atoms with Crippen LogP contribution in [0.2, 0.25) is 0 Å². The molecule has 2 atom stereocenters. The minimum absolute atomic E-state index is 0.0355. The third-order valence-electron chi connectivity index (χ3n) is 12.0. The lowest BCUT2D eigenvalue weighted by atomic mass is 9.86. The van der Waals surface area contributed by atoms with Gasteiger partial charge in [-0.05, 0) is 117 Å². The number of rotatable bonds is 10. The van der Waals surface area contributed by atoms with Crippen molar-refractivity contribution in [2.45, 2.75) is 78.4 Å². The topological polar surface area (TPSA) is 176 Å². The Bertz CT molecular complexity index is 2760. The molecule has 0 bridgehead atoms. The monoisotopic (exact) mass is 857 g/mol. The highest BCUT2D eigenvalue weighted by Crippen LogP contribution is 2.44. The molecule has 0 spiro atoms. The Kier molecular flexibility index (Phi) is 11.1. The van der Waals surface area contributed by atoms with Gasteiger partial charge in [-0.15, -0.1) is 22.7 Å². The summed E-state index contributed by atoms with van der Waals surface area (Å²) >= 11 is 3.26. The molecule has 6 heterocycles. The SMILES string of the molecule is CCN(C(=O)C1CCc2c(sc3ncnc(Nc4cc5c(cc4OC)CN=C5)c23)C1)C(C)C.COc1cc2c(cc1Nc1ncnc3sc4c(c13)CCC(C(=O)O)C4)C=NC2. The summed E-state index contributed by atoms with van der Waals surface area (Å²) in [5, 5.41) is 18.3. The van der Waals surface area contributed by atoms with Gasteiger partial charge in [-0.1, -0.05) is 0 Å². The number of aliphatic imine (C=N–C) groups is 2. The number of hydrogen-bond acceptors (Lipinski definition) is 14. The van der Waals surface area contributed by atoms with Crippen molar-refractivity contribution in [3.05, 3.63) is 80.1 Å². The summed E-state index contributed by atoms with van der Waals surface area (Å²) in [7, 11) is 3.33. The number of aliphatic carboxylic acids is 1. The highest BCUT2D eigenvalue weighted by molar-refractivity contribution is 7.19. The van der Waals surface area contributed by atoms with Crippen LogP contribution in [-0.2, 0) is 48.4 Å². The van der Waals surface area contributed by atoms with E-state index in [0.717, 1.165) is 114 Å². The van der Waals surface area contributed by atoms with Crippen molar-refractivity contribution in [2.75, 3.05) is 31.4 Å². The first kappa shape index (κ1) is 40.4. The molecule has 0 saturated carbocycles. The number of methoxy groups -OCH3 is 2. The van der Waals surface area contributed by atoms with Gasteiger partial charge in [0.15, 0.2) is 0 Å². The van der Waals surface area contributed by atoms with Gasteiger partial charge in [0.1, 0.15) is 45.5 Å². The molecule has 14 nitrogen and oxygen atoms in total. The van der Waals surface area contributed by atoms with Gasteiger partial charge in [-0.3, -0.25) is 19.6 Å². The molecule has 61 heavy (non-hydrogen) atoms. The van der Waals surface area contributed by atoms with Crippen LogP contribution in [0.15, 0.2) is 46.9 Å². The molecule has 1 amide bonds. The predicted octanol–water partition coefficient (Wildman–Crippen LogP) is 8.30. The number of nitrogens with one attached hydrogen (secondary N) is 2. The Morgan fingerprint density at radius 3 is 1.72 bits per heavy atom. The molecule has 16 heteroatoms. The lowest BCUT2D eigenvalue weighted by Crippen LogP contribution is -2.42. The zero-order valence-electron chi connectivity index (χ0n) is 34.7. The third-order valence-corrected chi connectivity index (χ3v) is 14.4. The average molecular weight is 858 g/mol. The standard InChI is InChI=1S/C25H29N5O2S.C20H18N4O3S/c1-5-30(14(2)3)25(31)15-6-7-18-21(10-15)33-24-22(18)23(27-13-28-24)29-19-8-16-11-26-12-17(16)9-20(19)32-4;1-27-15-5-12-8-21-7-11(12)4-14(15)24-18-17-13-3-2-10(20(25)26)6-16(13)28-19(17)23-9-22-18/h8-9,11,13-15H,5-7,10,12H2,1-4H3,(H,27,28,29);4-5,7,9-10H,2-3,6,8H2,1H3,(H,25,26)(H,22,23,24). The van der Waals surface area contributed by atoms with E-state index in [4.69, 9.17) is 9.47 Å². The van der Waals surface area contributed by atoms with Gasteiger partial charge >= 0.3 is 5.97 Å². The van der Waals surface area contributed by atoms with Crippen molar-refractivity contribution in [3.8, 4) is 11.5 Å². The van der Waals surface area contributed by atoms with Crippen molar-refractivity contribution in [3.63, 3.8) is 0 Å². The summed E-state index contributed by atoms with van der Waals surface area (Å²) in [6, 6.07) is 8.36. The van der Waals surface area contributed by atoms with Gasteiger partial charge in [0.2, 0.25) is 5.91 Å². The van der Waals surface area contributed by atoms with E-state index in [2.05, 4.69) is 67.4 Å². The molecule has 2 aromatic carbocycles. The Morgan fingerprint density at radius 2 is 1.26 bits per heavy atom. The van der Waals surface area contributed by atoms with Gasteiger partial charge in [-0.25, -0.2) is 19.9 Å². The van der Waals surface area contributed by atoms with Gasteiger partial charge in [0, 0.05) is 40.7 Å². The van der Waals surface area contributed by atoms with Crippen LogP contribution in [0.25, 0.3) is 20.4 Å². The molecule has 3 N–H and O–H groups in total.